The van der Waals surface area contributed by atoms with E-state index in [1.807, 2.05) is 6.92 Å². The van der Waals surface area contributed by atoms with E-state index in [1.165, 1.54) is 12.1 Å². The topological polar surface area (TPSA) is 55.1 Å². The molecular formula is C16H13FN2O. The number of benzene rings is 2. The Labute approximate surface area is 116 Å². The first-order valence-electron chi connectivity index (χ1n) is 5.95. The fourth-order valence-corrected chi connectivity index (χ4v) is 1.77. The average Bonchev–Trinajstić information content (AvgIpc) is 2.43. The maximum Gasteiger partial charge on any atom is 0.258 e. The molecule has 0 aliphatic heterocycles. The number of hydrogen-bond donors (Lipinski definition) is 2. The standard InChI is InChI=1S/C16H13FN2O/c1-3-11-8-13(6-4-10(11)2)19-16(20)14-9-12(18)5-7-15(14)17/h1,4-9H,18H2,2H3,(H,19,20). The third-order valence-corrected chi connectivity index (χ3v) is 2.89. The highest BCUT2D eigenvalue weighted by atomic mass is 19.1. The van der Waals surface area contributed by atoms with Gasteiger partial charge in [0.05, 0.1) is 5.56 Å². The van der Waals surface area contributed by atoms with Crippen LogP contribution in [-0.4, -0.2) is 5.91 Å². The third-order valence-electron chi connectivity index (χ3n) is 2.89. The molecule has 0 aliphatic carbocycles. The summed E-state index contributed by atoms with van der Waals surface area (Å²) >= 11 is 0. The van der Waals surface area contributed by atoms with Crippen LogP contribution in [-0.2, 0) is 0 Å². The van der Waals surface area contributed by atoms with Gasteiger partial charge in [-0.25, -0.2) is 4.39 Å². The van der Waals surface area contributed by atoms with Crippen LogP contribution in [0, 0.1) is 25.1 Å². The number of amides is 1. The average molecular weight is 268 g/mol. The predicted octanol–water partition coefficient (Wildman–Crippen LogP) is 2.95. The molecule has 0 atom stereocenters. The van der Waals surface area contributed by atoms with Gasteiger partial charge in [-0.15, -0.1) is 6.42 Å². The van der Waals surface area contributed by atoms with Crippen molar-refractivity contribution < 1.29 is 9.18 Å². The Morgan fingerprint density at radius 3 is 2.75 bits per heavy atom. The summed E-state index contributed by atoms with van der Waals surface area (Å²) < 4.78 is 13.6. The Hall–Kier alpha value is -2.80. The Kier molecular flexibility index (Phi) is 3.72. The van der Waals surface area contributed by atoms with Crippen LogP contribution in [0.5, 0.6) is 0 Å². The van der Waals surface area contributed by atoms with E-state index in [2.05, 4.69) is 11.2 Å². The van der Waals surface area contributed by atoms with Crippen LogP contribution < -0.4 is 11.1 Å². The number of halogens is 1. The first kappa shape index (κ1) is 13.6. The first-order valence-corrected chi connectivity index (χ1v) is 5.95. The van der Waals surface area contributed by atoms with Crippen molar-refractivity contribution in [3.63, 3.8) is 0 Å². The highest BCUT2D eigenvalue weighted by Gasteiger charge is 2.12. The summed E-state index contributed by atoms with van der Waals surface area (Å²) in [7, 11) is 0. The van der Waals surface area contributed by atoms with Gasteiger partial charge in [0, 0.05) is 16.9 Å². The van der Waals surface area contributed by atoms with E-state index in [0.29, 0.717) is 16.9 Å². The van der Waals surface area contributed by atoms with Gasteiger partial charge in [-0.05, 0) is 42.8 Å². The lowest BCUT2D eigenvalue weighted by atomic mass is 10.1. The molecule has 20 heavy (non-hydrogen) atoms. The highest BCUT2D eigenvalue weighted by Crippen LogP contribution is 2.17. The summed E-state index contributed by atoms with van der Waals surface area (Å²) in [5.74, 6) is 1.33. The van der Waals surface area contributed by atoms with E-state index in [1.54, 1.807) is 18.2 Å². The molecule has 0 saturated heterocycles. The first-order chi connectivity index (χ1) is 9.51. The van der Waals surface area contributed by atoms with Crippen LogP contribution in [0.25, 0.3) is 0 Å². The smallest absolute Gasteiger partial charge is 0.258 e. The normalized spacial score (nSPS) is 9.85. The fourth-order valence-electron chi connectivity index (χ4n) is 1.77. The van der Waals surface area contributed by atoms with E-state index in [4.69, 9.17) is 12.2 Å². The molecule has 0 saturated carbocycles. The summed E-state index contributed by atoms with van der Waals surface area (Å²) in [5, 5.41) is 2.60. The Morgan fingerprint density at radius 1 is 1.30 bits per heavy atom. The number of anilines is 2. The number of nitrogens with one attached hydrogen (secondary N) is 1. The summed E-state index contributed by atoms with van der Waals surface area (Å²) in [4.78, 5) is 12.0. The van der Waals surface area contributed by atoms with Gasteiger partial charge >= 0.3 is 0 Å². The monoisotopic (exact) mass is 268 g/mol. The number of rotatable bonds is 2. The van der Waals surface area contributed by atoms with Crippen molar-refractivity contribution in [2.45, 2.75) is 6.92 Å². The maximum atomic E-state index is 13.6. The number of carbonyl (C=O) groups excluding carboxylic acids is 1. The molecule has 1 amide bonds. The van der Waals surface area contributed by atoms with Crippen LogP contribution in [0.4, 0.5) is 15.8 Å². The van der Waals surface area contributed by atoms with Crippen LogP contribution in [0.2, 0.25) is 0 Å². The van der Waals surface area contributed by atoms with Gasteiger partial charge in [-0.1, -0.05) is 12.0 Å². The lowest BCUT2D eigenvalue weighted by Crippen LogP contribution is -2.14. The fraction of sp³-hybridized carbons (Fsp3) is 0.0625. The van der Waals surface area contributed by atoms with Crippen LogP contribution in [0.1, 0.15) is 21.5 Å². The van der Waals surface area contributed by atoms with Crippen molar-refractivity contribution >= 4 is 17.3 Å². The van der Waals surface area contributed by atoms with Gasteiger partial charge in [0.25, 0.3) is 5.91 Å². The van der Waals surface area contributed by atoms with E-state index < -0.39 is 11.7 Å². The van der Waals surface area contributed by atoms with E-state index in [9.17, 15) is 9.18 Å². The molecule has 3 N–H and O–H groups in total. The summed E-state index contributed by atoms with van der Waals surface area (Å²) in [6.45, 7) is 1.87. The van der Waals surface area contributed by atoms with Gasteiger partial charge < -0.3 is 11.1 Å². The molecular weight excluding hydrogens is 255 g/mol. The lowest BCUT2D eigenvalue weighted by molar-refractivity contribution is 0.102. The highest BCUT2D eigenvalue weighted by molar-refractivity contribution is 6.05. The molecule has 0 aliphatic rings. The van der Waals surface area contributed by atoms with E-state index in [-0.39, 0.29) is 5.56 Å². The molecule has 3 nitrogen and oxygen atoms in total. The maximum absolute atomic E-state index is 13.6. The second-order valence-electron chi connectivity index (χ2n) is 4.37. The zero-order valence-electron chi connectivity index (χ0n) is 10.9. The minimum absolute atomic E-state index is 0.104. The van der Waals surface area contributed by atoms with Crippen LogP contribution >= 0.6 is 0 Å². The minimum Gasteiger partial charge on any atom is -0.399 e. The van der Waals surface area contributed by atoms with Crippen molar-refractivity contribution in [1.82, 2.24) is 0 Å². The number of nitrogen functional groups attached to an aromatic ring is 1. The predicted molar refractivity (Wildman–Crippen MR) is 77.9 cm³/mol. The number of hydrogen-bond acceptors (Lipinski definition) is 2. The molecule has 0 spiro atoms. The van der Waals surface area contributed by atoms with E-state index >= 15 is 0 Å². The Morgan fingerprint density at radius 2 is 2.05 bits per heavy atom. The molecule has 0 unspecified atom stereocenters. The van der Waals surface area contributed by atoms with Crippen molar-refractivity contribution in [2.75, 3.05) is 11.1 Å². The quantitative estimate of drug-likeness (QED) is 0.650. The Bertz CT molecular complexity index is 717. The van der Waals surface area contributed by atoms with Crippen LogP contribution in [0.15, 0.2) is 36.4 Å². The van der Waals surface area contributed by atoms with Gasteiger partial charge in [0.2, 0.25) is 0 Å². The number of terminal acetylenes is 1. The van der Waals surface area contributed by atoms with Gasteiger partial charge in [0.1, 0.15) is 5.82 Å². The third kappa shape index (κ3) is 2.78. The zero-order valence-corrected chi connectivity index (χ0v) is 10.9. The molecule has 100 valence electrons. The molecule has 0 bridgehead atoms. The van der Waals surface area contributed by atoms with Crippen molar-refractivity contribution in [2.24, 2.45) is 0 Å². The molecule has 0 aromatic heterocycles. The molecule has 0 heterocycles. The molecule has 2 aromatic rings. The second kappa shape index (κ2) is 5.45. The molecule has 4 heteroatoms. The van der Waals surface area contributed by atoms with Crippen molar-refractivity contribution in [3.05, 3.63) is 58.9 Å². The summed E-state index contributed by atoms with van der Waals surface area (Å²) in [6, 6.07) is 9.01. The minimum atomic E-state index is -0.624. The molecule has 2 aromatic carbocycles. The lowest BCUT2D eigenvalue weighted by Gasteiger charge is -2.08. The number of nitrogens with two attached hydrogens (primary N) is 1. The Balaban J connectivity index is 2.28. The molecule has 2 rings (SSSR count). The second-order valence-corrected chi connectivity index (χ2v) is 4.37. The SMILES string of the molecule is C#Cc1cc(NC(=O)c2cc(N)ccc2F)ccc1C. The van der Waals surface area contributed by atoms with Gasteiger partial charge in [0.15, 0.2) is 0 Å². The summed E-state index contributed by atoms with van der Waals surface area (Å²) in [5.41, 5.74) is 7.89. The number of aryl methyl sites for hydroxylation is 1. The van der Waals surface area contributed by atoms with Gasteiger partial charge in [-0.3, -0.25) is 4.79 Å². The van der Waals surface area contributed by atoms with Crippen molar-refractivity contribution in [3.8, 4) is 12.3 Å². The van der Waals surface area contributed by atoms with E-state index in [0.717, 1.165) is 11.6 Å². The van der Waals surface area contributed by atoms with Gasteiger partial charge in [-0.2, -0.15) is 0 Å². The van der Waals surface area contributed by atoms with Crippen molar-refractivity contribution in [1.29, 1.82) is 0 Å². The molecule has 0 radical (unpaired) electrons. The van der Waals surface area contributed by atoms with Crippen LogP contribution in [0.3, 0.4) is 0 Å². The zero-order chi connectivity index (χ0) is 14.7. The number of carbonyl (C=O) groups is 1. The molecule has 0 fully saturated rings. The summed E-state index contributed by atoms with van der Waals surface area (Å²) in [6.07, 6.45) is 5.37. The largest absolute Gasteiger partial charge is 0.399 e.